The van der Waals surface area contributed by atoms with Gasteiger partial charge in [-0.3, -0.25) is 0 Å². The number of rotatable bonds is 2. The van der Waals surface area contributed by atoms with Gasteiger partial charge in [0.2, 0.25) is 0 Å². The number of benzene rings is 1. The summed E-state index contributed by atoms with van der Waals surface area (Å²) in [5.41, 5.74) is 2.58. The third-order valence-electron chi connectivity index (χ3n) is 1.59. The van der Waals surface area contributed by atoms with Crippen molar-refractivity contribution in [2.75, 3.05) is 0 Å². The highest BCUT2D eigenvalue weighted by molar-refractivity contribution is 5.47. The summed E-state index contributed by atoms with van der Waals surface area (Å²) in [6.07, 6.45) is 3.22. The van der Waals surface area contributed by atoms with Gasteiger partial charge >= 0.3 is 6.15 Å². The fourth-order valence-electron chi connectivity index (χ4n) is 0.940. The molecule has 2 nitrogen and oxygen atoms in total. The molecule has 0 atom stereocenters. The number of hydrogen-bond donors (Lipinski definition) is 0. The Morgan fingerprint density at radius 3 is 2.54 bits per heavy atom. The number of aryl methyl sites for hydroxylation is 1. The topological polar surface area (TPSA) is 34.1 Å². The molecular formula is C11H12O2. The lowest BCUT2D eigenvalue weighted by molar-refractivity contribution is -0.191. The first-order chi connectivity index (χ1) is 6.28. The van der Waals surface area contributed by atoms with Crippen molar-refractivity contribution in [1.29, 1.82) is 0 Å². The summed E-state index contributed by atoms with van der Waals surface area (Å²) in [7, 11) is 0. The molecule has 68 valence electrons. The molecular weight excluding hydrogens is 164 g/mol. The molecule has 13 heavy (non-hydrogen) atoms. The fraction of sp³-hybridized carbons (Fsp3) is 0.182. The lowest BCUT2D eigenvalue weighted by Gasteiger charge is -1.96. The summed E-state index contributed by atoms with van der Waals surface area (Å²) < 4.78 is 0. The second kappa shape index (κ2) is 7.01. The highest BCUT2D eigenvalue weighted by Crippen LogP contribution is 2.05. The van der Waals surface area contributed by atoms with Crippen LogP contribution >= 0.6 is 0 Å². The Morgan fingerprint density at radius 1 is 1.46 bits per heavy atom. The van der Waals surface area contributed by atoms with E-state index in [4.69, 9.17) is 9.59 Å². The largest absolute Gasteiger partial charge is 0.373 e. The van der Waals surface area contributed by atoms with Crippen LogP contribution < -0.4 is 0 Å². The van der Waals surface area contributed by atoms with Gasteiger partial charge in [0.25, 0.3) is 0 Å². The van der Waals surface area contributed by atoms with E-state index in [1.54, 1.807) is 0 Å². The van der Waals surface area contributed by atoms with Crippen molar-refractivity contribution in [3.05, 3.63) is 42.0 Å². The molecule has 1 aromatic rings. The van der Waals surface area contributed by atoms with Crippen LogP contribution in [0.5, 0.6) is 0 Å². The molecule has 0 aromatic heterocycles. The van der Waals surface area contributed by atoms with Crippen LogP contribution in [-0.2, 0) is 16.0 Å². The molecule has 0 aliphatic heterocycles. The zero-order chi connectivity index (χ0) is 10.1. The Balaban J connectivity index is 0.000000424. The summed E-state index contributed by atoms with van der Waals surface area (Å²) in [6.45, 7) is 5.86. The first-order valence-corrected chi connectivity index (χ1v) is 3.99. The summed E-state index contributed by atoms with van der Waals surface area (Å²) in [5, 5.41) is 0. The summed E-state index contributed by atoms with van der Waals surface area (Å²) >= 11 is 0. The molecule has 2 heteroatoms. The van der Waals surface area contributed by atoms with Gasteiger partial charge in [0.1, 0.15) is 0 Å². The molecule has 0 saturated heterocycles. The summed E-state index contributed by atoms with van der Waals surface area (Å²) in [6, 6.07) is 8.42. The highest BCUT2D eigenvalue weighted by atomic mass is 16.2. The SMILES string of the molecule is C=Cc1cccc(CC)c1.O=C=O. The molecule has 1 rings (SSSR count). The van der Waals surface area contributed by atoms with Crippen LogP contribution in [0.3, 0.4) is 0 Å². The van der Waals surface area contributed by atoms with Crippen molar-refractivity contribution in [2.45, 2.75) is 13.3 Å². The van der Waals surface area contributed by atoms with Crippen LogP contribution in [-0.4, -0.2) is 6.15 Å². The van der Waals surface area contributed by atoms with Crippen molar-refractivity contribution in [3.63, 3.8) is 0 Å². The van der Waals surface area contributed by atoms with E-state index in [1.807, 2.05) is 6.08 Å². The average molecular weight is 176 g/mol. The Bertz CT molecular complexity index is 297. The Hall–Kier alpha value is -1.66. The number of hydrogen-bond acceptors (Lipinski definition) is 2. The maximum absolute atomic E-state index is 8.12. The van der Waals surface area contributed by atoms with Gasteiger partial charge in [0.15, 0.2) is 0 Å². The molecule has 0 spiro atoms. The monoisotopic (exact) mass is 176 g/mol. The van der Waals surface area contributed by atoms with Crippen LogP contribution in [0.15, 0.2) is 30.8 Å². The fourth-order valence-corrected chi connectivity index (χ4v) is 0.940. The molecule has 0 unspecified atom stereocenters. The Kier molecular flexibility index (Phi) is 6.12. The van der Waals surface area contributed by atoms with Crippen molar-refractivity contribution < 1.29 is 9.59 Å². The predicted molar refractivity (Wildman–Crippen MR) is 50.9 cm³/mol. The van der Waals surface area contributed by atoms with Crippen LogP contribution in [0.2, 0.25) is 0 Å². The first kappa shape index (κ1) is 11.3. The molecule has 0 aliphatic carbocycles. The van der Waals surface area contributed by atoms with E-state index in [-0.39, 0.29) is 6.15 Å². The molecule has 0 N–H and O–H groups in total. The highest BCUT2D eigenvalue weighted by Gasteiger charge is 1.87. The van der Waals surface area contributed by atoms with Crippen molar-refractivity contribution in [2.24, 2.45) is 0 Å². The third-order valence-corrected chi connectivity index (χ3v) is 1.59. The lowest BCUT2D eigenvalue weighted by Crippen LogP contribution is -1.79. The smallest absolute Gasteiger partial charge is 0.186 e. The first-order valence-electron chi connectivity index (χ1n) is 3.99. The minimum atomic E-state index is 0.250. The molecule has 0 saturated carbocycles. The lowest BCUT2D eigenvalue weighted by atomic mass is 10.1. The quantitative estimate of drug-likeness (QED) is 0.692. The molecule has 0 bridgehead atoms. The van der Waals surface area contributed by atoms with Gasteiger partial charge in [-0.15, -0.1) is 0 Å². The van der Waals surface area contributed by atoms with E-state index >= 15 is 0 Å². The van der Waals surface area contributed by atoms with Gasteiger partial charge in [-0.2, -0.15) is 9.59 Å². The van der Waals surface area contributed by atoms with Crippen molar-refractivity contribution in [1.82, 2.24) is 0 Å². The van der Waals surface area contributed by atoms with Crippen LogP contribution in [0, 0.1) is 0 Å². The van der Waals surface area contributed by atoms with E-state index in [0.717, 1.165) is 6.42 Å². The maximum Gasteiger partial charge on any atom is 0.373 e. The summed E-state index contributed by atoms with van der Waals surface area (Å²) in [5.74, 6) is 0. The molecule has 0 aliphatic rings. The Labute approximate surface area is 77.9 Å². The van der Waals surface area contributed by atoms with Crippen LogP contribution in [0.4, 0.5) is 0 Å². The zero-order valence-corrected chi connectivity index (χ0v) is 7.62. The van der Waals surface area contributed by atoms with Gasteiger partial charge in [0.05, 0.1) is 0 Å². The molecule has 1 aromatic carbocycles. The van der Waals surface area contributed by atoms with E-state index < -0.39 is 0 Å². The van der Waals surface area contributed by atoms with Crippen LogP contribution in [0.25, 0.3) is 6.08 Å². The van der Waals surface area contributed by atoms with Gasteiger partial charge in [0, 0.05) is 0 Å². The zero-order valence-electron chi connectivity index (χ0n) is 7.62. The summed E-state index contributed by atoms with van der Waals surface area (Å²) in [4.78, 5) is 16.2. The minimum absolute atomic E-state index is 0.250. The number of carbonyl (C=O) groups excluding carboxylic acids is 2. The molecule has 0 heterocycles. The van der Waals surface area contributed by atoms with E-state index in [2.05, 4.69) is 37.8 Å². The standard InChI is InChI=1S/C10H12.CO2/c1-3-9-6-5-7-10(4-2)8-9;2-1-3/h3,5-8H,1,4H2,2H3;. The predicted octanol–water partition coefficient (Wildman–Crippen LogP) is 2.31. The van der Waals surface area contributed by atoms with Gasteiger partial charge < -0.3 is 0 Å². The molecule has 0 fully saturated rings. The van der Waals surface area contributed by atoms with E-state index in [1.165, 1.54) is 11.1 Å². The van der Waals surface area contributed by atoms with Gasteiger partial charge in [-0.05, 0) is 17.5 Å². The second-order valence-electron chi connectivity index (χ2n) is 2.39. The molecule has 0 amide bonds. The van der Waals surface area contributed by atoms with Gasteiger partial charge in [-0.25, -0.2) is 0 Å². The molecule has 0 radical (unpaired) electrons. The normalized spacial score (nSPS) is 7.77. The van der Waals surface area contributed by atoms with E-state index in [0.29, 0.717) is 0 Å². The van der Waals surface area contributed by atoms with E-state index in [9.17, 15) is 0 Å². The average Bonchev–Trinajstić information content (AvgIpc) is 2.19. The minimum Gasteiger partial charge on any atom is -0.186 e. The van der Waals surface area contributed by atoms with Crippen molar-refractivity contribution in [3.8, 4) is 0 Å². The second-order valence-corrected chi connectivity index (χ2v) is 2.39. The van der Waals surface area contributed by atoms with Gasteiger partial charge in [-0.1, -0.05) is 43.8 Å². The van der Waals surface area contributed by atoms with Crippen LogP contribution in [0.1, 0.15) is 18.1 Å². The van der Waals surface area contributed by atoms with Crippen molar-refractivity contribution >= 4 is 12.2 Å². The Morgan fingerprint density at radius 2 is 2.08 bits per heavy atom. The third kappa shape index (κ3) is 4.72. The maximum atomic E-state index is 8.12.